The highest BCUT2D eigenvalue weighted by atomic mass is 79.9. The fourth-order valence-electron chi connectivity index (χ4n) is 1.64. The Morgan fingerprint density at radius 3 is 2.35 bits per heavy atom. The van der Waals surface area contributed by atoms with Gasteiger partial charge in [-0.1, -0.05) is 41.1 Å². The van der Waals surface area contributed by atoms with Gasteiger partial charge in [-0.05, 0) is 35.9 Å². The SMILES string of the molecule is CC([O-])=C1C=CC=CC1=NS(=O)(=O)c1ccc(Br)cc1. The van der Waals surface area contributed by atoms with Crippen LogP contribution in [0, 0.1) is 0 Å². The molecule has 1 aliphatic rings. The molecule has 0 radical (unpaired) electrons. The molecule has 1 aromatic rings. The van der Waals surface area contributed by atoms with Crippen LogP contribution < -0.4 is 5.11 Å². The number of hydrogen-bond acceptors (Lipinski definition) is 3. The van der Waals surface area contributed by atoms with Crippen LogP contribution in [0.25, 0.3) is 0 Å². The average molecular weight is 353 g/mol. The minimum atomic E-state index is -3.83. The van der Waals surface area contributed by atoms with E-state index in [0.29, 0.717) is 0 Å². The van der Waals surface area contributed by atoms with E-state index >= 15 is 0 Å². The second-order valence-corrected chi connectivity index (χ2v) is 6.61. The molecule has 0 unspecified atom stereocenters. The molecule has 0 spiro atoms. The van der Waals surface area contributed by atoms with Crippen molar-refractivity contribution in [1.29, 1.82) is 0 Å². The van der Waals surface area contributed by atoms with Crippen LogP contribution in [0.5, 0.6) is 0 Å². The Morgan fingerprint density at radius 2 is 1.75 bits per heavy atom. The van der Waals surface area contributed by atoms with Gasteiger partial charge in [0.25, 0.3) is 10.0 Å². The number of rotatable bonds is 2. The van der Waals surface area contributed by atoms with Crippen molar-refractivity contribution in [2.24, 2.45) is 4.40 Å². The second kappa shape index (κ2) is 5.76. The Morgan fingerprint density at radius 1 is 1.15 bits per heavy atom. The van der Waals surface area contributed by atoms with Crippen LogP contribution in [0.1, 0.15) is 6.92 Å². The molecule has 1 aromatic carbocycles. The van der Waals surface area contributed by atoms with E-state index in [9.17, 15) is 13.5 Å². The highest BCUT2D eigenvalue weighted by Gasteiger charge is 2.15. The van der Waals surface area contributed by atoms with Gasteiger partial charge in [-0.25, -0.2) is 0 Å². The van der Waals surface area contributed by atoms with Crippen LogP contribution in [-0.4, -0.2) is 14.1 Å². The summed E-state index contributed by atoms with van der Waals surface area (Å²) in [6, 6.07) is 6.16. The molecule has 0 N–H and O–H groups in total. The highest BCUT2D eigenvalue weighted by Crippen LogP contribution is 2.19. The molecule has 0 aliphatic heterocycles. The van der Waals surface area contributed by atoms with Gasteiger partial charge in [0, 0.05) is 4.47 Å². The predicted molar refractivity (Wildman–Crippen MR) is 79.7 cm³/mol. The lowest BCUT2D eigenvalue weighted by Crippen LogP contribution is -2.12. The summed E-state index contributed by atoms with van der Waals surface area (Å²) in [4.78, 5) is 0.0825. The summed E-state index contributed by atoms with van der Waals surface area (Å²) in [6.45, 7) is 1.38. The first-order valence-electron chi connectivity index (χ1n) is 5.74. The van der Waals surface area contributed by atoms with Crippen molar-refractivity contribution < 1.29 is 13.5 Å². The van der Waals surface area contributed by atoms with Crippen LogP contribution in [0.4, 0.5) is 0 Å². The van der Waals surface area contributed by atoms with Crippen LogP contribution in [0.2, 0.25) is 0 Å². The number of benzene rings is 1. The largest absolute Gasteiger partial charge is 0.875 e. The zero-order chi connectivity index (χ0) is 14.8. The van der Waals surface area contributed by atoms with Crippen molar-refractivity contribution in [2.45, 2.75) is 11.8 Å². The first-order valence-corrected chi connectivity index (χ1v) is 7.97. The second-order valence-electron chi connectivity index (χ2n) is 4.09. The van der Waals surface area contributed by atoms with Crippen molar-refractivity contribution in [3.8, 4) is 0 Å². The van der Waals surface area contributed by atoms with Gasteiger partial charge < -0.3 is 5.11 Å². The lowest BCUT2D eigenvalue weighted by Gasteiger charge is -2.14. The highest BCUT2D eigenvalue weighted by molar-refractivity contribution is 9.10. The number of hydrogen-bond donors (Lipinski definition) is 0. The lowest BCUT2D eigenvalue weighted by molar-refractivity contribution is -0.302. The fraction of sp³-hybridized carbons (Fsp3) is 0.0714. The van der Waals surface area contributed by atoms with Crippen LogP contribution >= 0.6 is 15.9 Å². The van der Waals surface area contributed by atoms with Gasteiger partial charge in [-0.3, -0.25) is 0 Å². The van der Waals surface area contributed by atoms with E-state index in [1.165, 1.54) is 25.1 Å². The zero-order valence-electron chi connectivity index (χ0n) is 10.6. The van der Waals surface area contributed by atoms with E-state index < -0.39 is 10.0 Å². The van der Waals surface area contributed by atoms with E-state index in [0.717, 1.165) is 4.47 Å². The molecule has 1 aliphatic carbocycles. The van der Waals surface area contributed by atoms with Gasteiger partial charge in [0.05, 0.1) is 10.6 Å². The third kappa shape index (κ3) is 3.26. The third-order valence-electron chi connectivity index (χ3n) is 2.61. The quantitative estimate of drug-likeness (QED) is 0.767. The van der Waals surface area contributed by atoms with Crippen molar-refractivity contribution in [3.63, 3.8) is 0 Å². The van der Waals surface area contributed by atoms with Crippen LogP contribution in [0.15, 0.2) is 73.7 Å². The number of halogens is 1. The Kier molecular flexibility index (Phi) is 4.25. The Hall–Kier alpha value is -1.66. The van der Waals surface area contributed by atoms with Gasteiger partial charge in [0.15, 0.2) is 0 Å². The monoisotopic (exact) mass is 352 g/mol. The summed E-state index contributed by atoms with van der Waals surface area (Å²) in [5, 5.41) is 11.5. The normalized spacial score (nSPS) is 19.4. The Bertz CT molecular complexity index is 737. The van der Waals surface area contributed by atoms with E-state index in [2.05, 4.69) is 20.3 Å². The molecule has 0 saturated carbocycles. The van der Waals surface area contributed by atoms with Crippen molar-refractivity contribution in [1.82, 2.24) is 0 Å². The van der Waals surface area contributed by atoms with E-state index in [-0.39, 0.29) is 21.9 Å². The van der Waals surface area contributed by atoms with E-state index in [4.69, 9.17) is 0 Å². The number of allylic oxidation sites excluding steroid dienone is 6. The minimum absolute atomic E-state index is 0.0825. The van der Waals surface area contributed by atoms with Crippen molar-refractivity contribution in [3.05, 3.63) is 64.4 Å². The zero-order valence-corrected chi connectivity index (χ0v) is 13.0. The van der Waals surface area contributed by atoms with Crippen LogP contribution in [0.3, 0.4) is 0 Å². The van der Waals surface area contributed by atoms with Crippen molar-refractivity contribution >= 4 is 31.7 Å². The Labute approximate surface area is 126 Å². The molecule has 4 nitrogen and oxygen atoms in total. The maximum absolute atomic E-state index is 12.2. The van der Waals surface area contributed by atoms with Gasteiger partial charge in [-0.15, -0.1) is 5.76 Å². The summed E-state index contributed by atoms with van der Waals surface area (Å²) in [7, 11) is -3.83. The fourth-order valence-corrected chi connectivity index (χ4v) is 2.91. The summed E-state index contributed by atoms with van der Waals surface area (Å²) >= 11 is 3.24. The van der Waals surface area contributed by atoms with Crippen LogP contribution in [-0.2, 0) is 10.0 Å². The molecule has 2 rings (SSSR count). The number of nitrogens with zero attached hydrogens (tertiary/aromatic N) is 1. The van der Waals surface area contributed by atoms with E-state index in [1.807, 2.05) is 0 Å². The maximum Gasteiger partial charge on any atom is 0.282 e. The molecule has 0 fully saturated rings. The summed E-state index contributed by atoms with van der Waals surface area (Å²) in [5.74, 6) is -0.227. The van der Waals surface area contributed by atoms with Gasteiger partial charge in [0.1, 0.15) is 0 Å². The first kappa shape index (κ1) is 14.7. The average Bonchev–Trinajstić information content (AvgIpc) is 2.39. The van der Waals surface area contributed by atoms with Gasteiger partial charge in [-0.2, -0.15) is 12.8 Å². The predicted octanol–water partition coefficient (Wildman–Crippen LogP) is 2.34. The smallest absolute Gasteiger partial charge is 0.282 e. The summed E-state index contributed by atoms with van der Waals surface area (Å²) in [5.41, 5.74) is 0.441. The molecule has 0 atom stereocenters. The molecule has 0 heterocycles. The minimum Gasteiger partial charge on any atom is -0.875 e. The molecular weight excluding hydrogens is 342 g/mol. The molecule has 0 aromatic heterocycles. The van der Waals surface area contributed by atoms with E-state index in [1.54, 1.807) is 30.4 Å². The summed E-state index contributed by atoms with van der Waals surface area (Å²) < 4.78 is 28.9. The molecule has 20 heavy (non-hydrogen) atoms. The standard InChI is InChI=1S/C14H12BrNO3S/c1-10(17)13-4-2-3-5-14(13)16-20(18,19)12-8-6-11(15)7-9-12/h2-9,17H,1H3/p-1. The van der Waals surface area contributed by atoms with Crippen molar-refractivity contribution in [2.75, 3.05) is 0 Å². The molecular formula is C14H11BrNO3S-. The molecule has 0 saturated heterocycles. The first-order chi connectivity index (χ1) is 9.40. The molecule has 6 heteroatoms. The number of sulfonamides is 1. The molecule has 0 amide bonds. The van der Waals surface area contributed by atoms with Gasteiger partial charge in [0.2, 0.25) is 0 Å². The Balaban J connectivity index is 2.48. The topological polar surface area (TPSA) is 69.6 Å². The maximum atomic E-state index is 12.2. The molecule has 0 bridgehead atoms. The molecule has 104 valence electrons. The lowest BCUT2D eigenvalue weighted by atomic mass is 10.1. The van der Waals surface area contributed by atoms with Gasteiger partial charge >= 0.3 is 0 Å². The summed E-state index contributed by atoms with van der Waals surface area (Å²) in [6.07, 6.45) is 6.37. The third-order valence-corrected chi connectivity index (χ3v) is 4.45.